The molecule has 0 unspecified atom stereocenters. The predicted octanol–water partition coefficient (Wildman–Crippen LogP) is 2.42. The summed E-state index contributed by atoms with van der Waals surface area (Å²) in [6.45, 7) is 6.43. The molecule has 198 valence electrons. The van der Waals surface area contributed by atoms with Gasteiger partial charge in [-0.25, -0.2) is 5.43 Å². The first kappa shape index (κ1) is 28.2. The molecule has 1 aliphatic heterocycles. The van der Waals surface area contributed by atoms with Gasteiger partial charge in [-0.3, -0.25) is 14.4 Å². The van der Waals surface area contributed by atoms with Gasteiger partial charge in [0.25, 0.3) is 5.91 Å². The van der Waals surface area contributed by atoms with Crippen LogP contribution in [0.3, 0.4) is 0 Å². The largest absolute Gasteiger partial charge is 0.492 e. The van der Waals surface area contributed by atoms with Crippen LogP contribution >= 0.6 is 22.6 Å². The Labute approximate surface area is 228 Å². The van der Waals surface area contributed by atoms with Gasteiger partial charge in [0.1, 0.15) is 5.75 Å². The van der Waals surface area contributed by atoms with Gasteiger partial charge in [0.2, 0.25) is 0 Å². The summed E-state index contributed by atoms with van der Waals surface area (Å²) in [7, 11) is 0. The number of hydrogen-bond donors (Lipinski definition) is 2. The Morgan fingerprint density at radius 2 is 1.73 bits per heavy atom. The van der Waals surface area contributed by atoms with Crippen molar-refractivity contribution < 1.29 is 33.3 Å². The Balaban J connectivity index is 1.61. The van der Waals surface area contributed by atoms with E-state index in [0.29, 0.717) is 71.6 Å². The fourth-order valence-electron chi connectivity index (χ4n) is 3.35. The molecular weight excluding hydrogens is 595 g/mol. The molecule has 11 nitrogen and oxygen atoms in total. The SMILES string of the molecule is CCOc1ccccc1NC(=O)C(=O)N/N=C\c1cc(I)c(OCC(=O)N2CCOCC2)c(OCC)c1. The smallest absolute Gasteiger partial charge is 0.329 e. The quantitative estimate of drug-likeness (QED) is 0.180. The molecule has 1 aliphatic rings. The summed E-state index contributed by atoms with van der Waals surface area (Å²) >= 11 is 2.08. The van der Waals surface area contributed by atoms with E-state index in [4.69, 9.17) is 18.9 Å². The van der Waals surface area contributed by atoms with Gasteiger partial charge in [0.15, 0.2) is 18.1 Å². The molecule has 37 heavy (non-hydrogen) atoms. The molecule has 0 aliphatic carbocycles. The molecule has 0 bridgehead atoms. The van der Waals surface area contributed by atoms with Crippen LogP contribution in [0.4, 0.5) is 5.69 Å². The third kappa shape index (κ3) is 8.32. The van der Waals surface area contributed by atoms with Gasteiger partial charge in [-0.1, -0.05) is 12.1 Å². The Kier molecular flexibility index (Phi) is 11.0. The number of amides is 3. The lowest BCUT2D eigenvalue weighted by Gasteiger charge is -2.27. The van der Waals surface area contributed by atoms with E-state index in [9.17, 15) is 14.4 Å². The first-order chi connectivity index (χ1) is 17.9. The van der Waals surface area contributed by atoms with Crippen LogP contribution in [0, 0.1) is 3.57 Å². The van der Waals surface area contributed by atoms with Crippen LogP contribution in [0.2, 0.25) is 0 Å². The van der Waals surface area contributed by atoms with Crippen LogP contribution in [-0.2, 0) is 19.1 Å². The number of nitrogens with one attached hydrogen (secondary N) is 2. The summed E-state index contributed by atoms with van der Waals surface area (Å²) in [6, 6.07) is 10.2. The third-order valence-corrected chi connectivity index (χ3v) is 5.86. The number of carbonyl (C=O) groups excluding carboxylic acids is 3. The highest BCUT2D eigenvalue weighted by Crippen LogP contribution is 2.34. The highest BCUT2D eigenvalue weighted by molar-refractivity contribution is 14.1. The molecule has 0 aromatic heterocycles. The summed E-state index contributed by atoms with van der Waals surface area (Å²) in [5, 5.41) is 6.39. The molecule has 3 rings (SSSR count). The minimum Gasteiger partial charge on any atom is -0.492 e. The Morgan fingerprint density at radius 3 is 2.46 bits per heavy atom. The number of morpholine rings is 1. The first-order valence-electron chi connectivity index (χ1n) is 11.7. The monoisotopic (exact) mass is 624 g/mol. The number of carbonyl (C=O) groups is 3. The molecule has 2 aromatic carbocycles. The molecule has 0 spiro atoms. The maximum atomic E-state index is 12.4. The number of anilines is 1. The van der Waals surface area contributed by atoms with Crippen LogP contribution in [0.1, 0.15) is 19.4 Å². The lowest BCUT2D eigenvalue weighted by molar-refractivity contribution is -0.137. The molecule has 0 atom stereocenters. The topological polar surface area (TPSA) is 128 Å². The average Bonchev–Trinajstić information content (AvgIpc) is 2.90. The summed E-state index contributed by atoms with van der Waals surface area (Å²) in [5.41, 5.74) is 3.19. The van der Waals surface area contributed by atoms with Crippen LogP contribution < -0.4 is 25.0 Å². The van der Waals surface area contributed by atoms with Gasteiger partial charge < -0.3 is 29.2 Å². The zero-order valence-electron chi connectivity index (χ0n) is 20.6. The van der Waals surface area contributed by atoms with E-state index in [1.165, 1.54) is 6.21 Å². The molecule has 1 saturated heterocycles. The second-order valence-corrected chi connectivity index (χ2v) is 8.79. The van der Waals surface area contributed by atoms with Crippen molar-refractivity contribution in [1.82, 2.24) is 10.3 Å². The third-order valence-electron chi connectivity index (χ3n) is 5.06. The minimum absolute atomic E-state index is 0.124. The maximum Gasteiger partial charge on any atom is 0.329 e. The number of hydrogen-bond acceptors (Lipinski definition) is 8. The van der Waals surface area contributed by atoms with Crippen molar-refractivity contribution in [2.45, 2.75) is 13.8 Å². The number of para-hydroxylation sites is 2. The van der Waals surface area contributed by atoms with Crippen LogP contribution in [-0.4, -0.2) is 75.0 Å². The summed E-state index contributed by atoms with van der Waals surface area (Å²) in [5.74, 6) is -0.620. The number of rotatable bonds is 10. The number of hydrazone groups is 1. The minimum atomic E-state index is -0.941. The fourth-order valence-corrected chi connectivity index (χ4v) is 4.13. The van der Waals surface area contributed by atoms with Crippen LogP contribution in [0.25, 0.3) is 0 Å². The highest BCUT2D eigenvalue weighted by atomic mass is 127. The van der Waals surface area contributed by atoms with Gasteiger partial charge in [-0.05, 0) is 66.3 Å². The van der Waals surface area contributed by atoms with Gasteiger partial charge in [0, 0.05) is 13.1 Å². The number of nitrogens with zero attached hydrogens (tertiary/aromatic N) is 2. The van der Waals surface area contributed by atoms with Gasteiger partial charge in [0.05, 0.1) is 41.9 Å². The number of benzene rings is 2. The molecule has 3 amide bonds. The van der Waals surface area contributed by atoms with E-state index in [2.05, 4.69) is 38.4 Å². The summed E-state index contributed by atoms with van der Waals surface area (Å²) in [6.07, 6.45) is 1.38. The van der Waals surface area contributed by atoms with Crippen LogP contribution in [0.15, 0.2) is 41.5 Å². The maximum absolute atomic E-state index is 12.4. The van der Waals surface area contributed by atoms with Gasteiger partial charge >= 0.3 is 11.8 Å². The molecule has 0 radical (unpaired) electrons. The lowest BCUT2D eigenvalue weighted by Crippen LogP contribution is -2.43. The molecule has 12 heteroatoms. The molecule has 2 aromatic rings. The summed E-state index contributed by atoms with van der Waals surface area (Å²) in [4.78, 5) is 38.6. The van der Waals surface area contributed by atoms with E-state index in [1.807, 2.05) is 13.8 Å². The molecule has 1 heterocycles. The van der Waals surface area contributed by atoms with Crippen LogP contribution in [0.5, 0.6) is 17.2 Å². The highest BCUT2D eigenvalue weighted by Gasteiger charge is 2.20. The molecular formula is C25H29IN4O7. The molecule has 1 fully saturated rings. The van der Waals surface area contributed by atoms with E-state index in [1.54, 1.807) is 41.3 Å². The van der Waals surface area contributed by atoms with Crippen molar-refractivity contribution in [3.8, 4) is 17.2 Å². The van der Waals surface area contributed by atoms with Gasteiger partial charge in [-0.15, -0.1) is 0 Å². The van der Waals surface area contributed by atoms with Crippen molar-refractivity contribution >= 4 is 52.2 Å². The zero-order chi connectivity index (χ0) is 26.6. The van der Waals surface area contributed by atoms with E-state index in [0.717, 1.165) is 0 Å². The molecule has 2 N–H and O–H groups in total. The Morgan fingerprint density at radius 1 is 1.03 bits per heavy atom. The van der Waals surface area contributed by atoms with Crippen molar-refractivity contribution in [3.05, 3.63) is 45.5 Å². The fraction of sp³-hybridized carbons (Fsp3) is 0.360. The van der Waals surface area contributed by atoms with Crippen molar-refractivity contribution in [3.63, 3.8) is 0 Å². The first-order valence-corrected chi connectivity index (χ1v) is 12.8. The predicted molar refractivity (Wildman–Crippen MR) is 145 cm³/mol. The Bertz CT molecular complexity index is 1140. The second kappa shape index (κ2) is 14.4. The van der Waals surface area contributed by atoms with E-state index in [-0.39, 0.29) is 12.5 Å². The van der Waals surface area contributed by atoms with Crippen molar-refractivity contribution in [2.24, 2.45) is 5.10 Å². The second-order valence-electron chi connectivity index (χ2n) is 7.63. The molecule has 0 saturated carbocycles. The Hall–Kier alpha value is -3.39. The van der Waals surface area contributed by atoms with Gasteiger partial charge in [-0.2, -0.15) is 5.10 Å². The zero-order valence-corrected chi connectivity index (χ0v) is 22.8. The van der Waals surface area contributed by atoms with E-state index < -0.39 is 11.8 Å². The number of halogens is 1. The average molecular weight is 624 g/mol. The lowest BCUT2D eigenvalue weighted by atomic mass is 10.2. The summed E-state index contributed by atoms with van der Waals surface area (Å²) < 4.78 is 22.9. The van der Waals surface area contributed by atoms with Crippen molar-refractivity contribution in [2.75, 3.05) is 51.4 Å². The number of ether oxygens (including phenoxy) is 4. The standard InChI is InChI=1S/C25H29IN4O7/c1-3-35-20-8-6-5-7-19(20)28-24(32)25(33)29-27-15-17-13-18(26)23(21(14-17)36-4-2)37-16-22(31)30-9-11-34-12-10-30/h5-8,13-15H,3-4,9-12,16H2,1-2H3,(H,28,32)(H,29,33)/b27-15-. The normalized spacial score (nSPS) is 13.2. The van der Waals surface area contributed by atoms with Crippen molar-refractivity contribution in [1.29, 1.82) is 0 Å². The van der Waals surface area contributed by atoms with E-state index >= 15 is 0 Å².